The van der Waals surface area contributed by atoms with Crippen molar-refractivity contribution in [2.24, 2.45) is 0 Å². The van der Waals surface area contributed by atoms with Gasteiger partial charge in [-0.05, 0) is 19.0 Å². The highest BCUT2D eigenvalue weighted by Gasteiger charge is 2.09. The lowest BCUT2D eigenvalue weighted by Crippen LogP contribution is -2.18. The van der Waals surface area contributed by atoms with Gasteiger partial charge in [0, 0.05) is 37.4 Å². The third-order valence-electron chi connectivity index (χ3n) is 2.69. The summed E-state index contributed by atoms with van der Waals surface area (Å²) in [6.45, 7) is 2.28. The van der Waals surface area contributed by atoms with E-state index in [9.17, 15) is 4.79 Å². The van der Waals surface area contributed by atoms with Crippen LogP contribution in [0.5, 0.6) is 0 Å². The Kier molecular flexibility index (Phi) is 4.14. The minimum absolute atomic E-state index is 0.331. The van der Waals surface area contributed by atoms with Gasteiger partial charge in [-0.25, -0.2) is 9.78 Å². The van der Waals surface area contributed by atoms with Gasteiger partial charge in [0.25, 0.3) is 0 Å². The number of hydrogen-bond donors (Lipinski definition) is 3. The van der Waals surface area contributed by atoms with Crippen molar-refractivity contribution >= 4 is 5.97 Å². The van der Waals surface area contributed by atoms with E-state index in [4.69, 9.17) is 5.11 Å². The van der Waals surface area contributed by atoms with Crippen molar-refractivity contribution in [2.45, 2.75) is 19.5 Å². The lowest BCUT2D eigenvalue weighted by molar-refractivity contribution is 0.0695. The number of nitrogens with zero attached hydrogens (tertiary/aromatic N) is 2. The summed E-state index contributed by atoms with van der Waals surface area (Å²) in [5.41, 5.74) is 1.04. The van der Waals surface area contributed by atoms with Gasteiger partial charge in [-0.1, -0.05) is 0 Å². The van der Waals surface area contributed by atoms with Gasteiger partial charge in [0.15, 0.2) is 0 Å². The minimum atomic E-state index is -0.897. The molecule has 96 valence electrons. The van der Waals surface area contributed by atoms with Gasteiger partial charge < -0.3 is 20.0 Å². The molecule has 0 unspecified atom stereocenters. The van der Waals surface area contributed by atoms with Crippen molar-refractivity contribution in [3.05, 3.63) is 42.2 Å². The monoisotopic (exact) mass is 248 g/mol. The van der Waals surface area contributed by atoms with Crippen molar-refractivity contribution < 1.29 is 9.90 Å². The summed E-state index contributed by atoms with van der Waals surface area (Å²) in [5.74, 6) is -0.897. The number of carboxylic acids is 1. The van der Waals surface area contributed by atoms with E-state index in [2.05, 4.69) is 15.3 Å². The summed E-state index contributed by atoms with van der Waals surface area (Å²) < 4.78 is 2.01. The standard InChI is InChI=1S/C12H16N4O2/c17-12(18)10-2-4-15-11(10)8-13-3-1-6-16-7-5-14-9-16/h2,4-5,7,9,13,15H,1,3,6,8H2,(H,17,18). The topological polar surface area (TPSA) is 82.9 Å². The minimum Gasteiger partial charge on any atom is -0.478 e. The Morgan fingerprint density at radius 1 is 1.56 bits per heavy atom. The maximum absolute atomic E-state index is 10.9. The average Bonchev–Trinajstić information content (AvgIpc) is 2.98. The van der Waals surface area contributed by atoms with E-state index in [1.807, 2.05) is 10.8 Å². The van der Waals surface area contributed by atoms with Crippen LogP contribution in [0.4, 0.5) is 0 Å². The van der Waals surface area contributed by atoms with Crippen LogP contribution < -0.4 is 5.32 Å². The summed E-state index contributed by atoms with van der Waals surface area (Å²) >= 11 is 0. The van der Waals surface area contributed by atoms with E-state index in [1.54, 1.807) is 24.8 Å². The first-order chi connectivity index (χ1) is 8.77. The van der Waals surface area contributed by atoms with E-state index in [0.717, 1.165) is 19.5 Å². The molecular weight excluding hydrogens is 232 g/mol. The number of H-pyrrole nitrogens is 1. The van der Waals surface area contributed by atoms with Crippen molar-refractivity contribution in [2.75, 3.05) is 6.54 Å². The maximum atomic E-state index is 10.9. The fourth-order valence-corrected chi connectivity index (χ4v) is 1.77. The molecule has 0 spiro atoms. The molecule has 0 radical (unpaired) electrons. The molecule has 0 aliphatic rings. The molecule has 2 rings (SSSR count). The Hall–Kier alpha value is -2.08. The summed E-state index contributed by atoms with van der Waals surface area (Å²) in [5, 5.41) is 12.1. The van der Waals surface area contributed by atoms with Crippen molar-refractivity contribution in [3.8, 4) is 0 Å². The largest absolute Gasteiger partial charge is 0.478 e. The molecule has 0 aromatic carbocycles. The van der Waals surface area contributed by atoms with Crippen LogP contribution in [0.2, 0.25) is 0 Å². The van der Waals surface area contributed by atoms with Gasteiger partial charge in [-0.3, -0.25) is 0 Å². The molecule has 2 heterocycles. The van der Waals surface area contributed by atoms with E-state index >= 15 is 0 Å². The lowest BCUT2D eigenvalue weighted by Gasteiger charge is -2.05. The fraction of sp³-hybridized carbons (Fsp3) is 0.333. The molecular formula is C12H16N4O2. The van der Waals surface area contributed by atoms with Gasteiger partial charge in [-0.15, -0.1) is 0 Å². The molecule has 6 nitrogen and oxygen atoms in total. The summed E-state index contributed by atoms with van der Waals surface area (Å²) in [7, 11) is 0. The molecule has 2 aromatic rings. The highest BCUT2D eigenvalue weighted by Crippen LogP contribution is 2.05. The molecule has 0 saturated heterocycles. The molecule has 2 aromatic heterocycles. The van der Waals surface area contributed by atoms with E-state index < -0.39 is 5.97 Å². The van der Waals surface area contributed by atoms with Crippen LogP contribution >= 0.6 is 0 Å². The number of hydrogen-bond acceptors (Lipinski definition) is 3. The van der Waals surface area contributed by atoms with Crippen LogP contribution in [-0.4, -0.2) is 32.2 Å². The first-order valence-electron chi connectivity index (χ1n) is 5.83. The lowest BCUT2D eigenvalue weighted by atomic mass is 10.2. The Morgan fingerprint density at radius 3 is 3.17 bits per heavy atom. The fourth-order valence-electron chi connectivity index (χ4n) is 1.77. The third kappa shape index (κ3) is 3.21. The number of imidazole rings is 1. The van der Waals surface area contributed by atoms with Crippen LogP contribution in [0.1, 0.15) is 22.5 Å². The van der Waals surface area contributed by atoms with Crippen LogP contribution in [-0.2, 0) is 13.1 Å². The Labute approximate surface area is 105 Å². The summed E-state index contributed by atoms with van der Waals surface area (Å²) in [6, 6.07) is 1.57. The SMILES string of the molecule is O=C(O)c1cc[nH]c1CNCCCn1ccnc1. The number of nitrogens with one attached hydrogen (secondary N) is 2. The molecule has 0 bridgehead atoms. The third-order valence-corrected chi connectivity index (χ3v) is 2.69. The maximum Gasteiger partial charge on any atom is 0.337 e. The number of aryl methyl sites for hydroxylation is 1. The zero-order valence-corrected chi connectivity index (χ0v) is 9.97. The van der Waals surface area contributed by atoms with E-state index in [-0.39, 0.29) is 0 Å². The van der Waals surface area contributed by atoms with Gasteiger partial charge in [0.2, 0.25) is 0 Å². The van der Waals surface area contributed by atoms with Crippen molar-refractivity contribution in [1.82, 2.24) is 19.9 Å². The molecule has 0 aliphatic carbocycles. The molecule has 0 amide bonds. The second-order valence-corrected chi connectivity index (χ2v) is 4.01. The zero-order valence-electron chi connectivity index (χ0n) is 9.97. The van der Waals surface area contributed by atoms with Crippen molar-refractivity contribution in [1.29, 1.82) is 0 Å². The van der Waals surface area contributed by atoms with Gasteiger partial charge in [0.05, 0.1) is 11.9 Å². The van der Waals surface area contributed by atoms with Gasteiger partial charge >= 0.3 is 5.97 Å². The van der Waals surface area contributed by atoms with Gasteiger partial charge in [0.1, 0.15) is 0 Å². The first-order valence-corrected chi connectivity index (χ1v) is 5.83. The van der Waals surface area contributed by atoms with E-state index in [1.165, 1.54) is 0 Å². The molecule has 0 saturated carbocycles. The second-order valence-electron chi connectivity index (χ2n) is 4.01. The second kappa shape index (κ2) is 6.02. The Balaban J connectivity index is 1.69. The number of rotatable bonds is 7. The summed E-state index contributed by atoms with van der Waals surface area (Å²) in [4.78, 5) is 17.8. The van der Waals surface area contributed by atoms with Crippen molar-refractivity contribution in [3.63, 3.8) is 0 Å². The molecule has 18 heavy (non-hydrogen) atoms. The number of carbonyl (C=O) groups is 1. The predicted octanol–water partition coefficient (Wildman–Crippen LogP) is 1.09. The number of aromatic amines is 1. The number of aromatic nitrogens is 3. The molecule has 0 aliphatic heterocycles. The highest BCUT2D eigenvalue weighted by molar-refractivity contribution is 5.88. The first kappa shape index (κ1) is 12.4. The quantitative estimate of drug-likeness (QED) is 0.640. The number of aromatic carboxylic acids is 1. The highest BCUT2D eigenvalue weighted by atomic mass is 16.4. The smallest absolute Gasteiger partial charge is 0.337 e. The molecule has 6 heteroatoms. The average molecular weight is 248 g/mol. The van der Waals surface area contributed by atoms with Crippen LogP contribution in [0.25, 0.3) is 0 Å². The van der Waals surface area contributed by atoms with E-state index in [0.29, 0.717) is 17.8 Å². The number of carboxylic acid groups (broad SMARTS) is 1. The van der Waals surface area contributed by atoms with Crippen LogP contribution in [0, 0.1) is 0 Å². The molecule has 0 atom stereocenters. The molecule has 0 fully saturated rings. The summed E-state index contributed by atoms with van der Waals surface area (Å²) in [6.07, 6.45) is 8.08. The zero-order chi connectivity index (χ0) is 12.8. The van der Waals surface area contributed by atoms with Crippen LogP contribution in [0.15, 0.2) is 31.0 Å². The predicted molar refractivity (Wildman–Crippen MR) is 66.3 cm³/mol. The van der Waals surface area contributed by atoms with Crippen LogP contribution in [0.3, 0.4) is 0 Å². The normalized spacial score (nSPS) is 10.7. The Bertz CT molecular complexity index is 490. The van der Waals surface area contributed by atoms with Gasteiger partial charge in [-0.2, -0.15) is 0 Å². The Morgan fingerprint density at radius 2 is 2.44 bits per heavy atom. The molecule has 3 N–H and O–H groups in total.